The van der Waals surface area contributed by atoms with Crippen LogP contribution in [0.4, 0.5) is 8.78 Å². The summed E-state index contributed by atoms with van der Waals surface area (Å²) in [5.74, 6) is 5.49. The van der Waals surface area contributed by atoms with Crippen molar-refractivity contribution in [1.29, 1.82) is 0 Å². The molecule has 3 aliphatic carbocycles. The summed E-state index contributed by atoms with van der Waals surface area (Å²) in [6.07, 6.45) is 10.5. The van der Waals surface area contributed by atoms with Gasteiger partial charge in [0, 0.05) is 0 Å². The molecule has 0 amide bonds. The monoisotopic (exact) mass is 322 g/mol. The summed E-state index contributed by atoms with van der Waals surface area (Å²) in [5.41, 5.74) is 0. The van der Waals surface area contributed by atoms with Crippen molar-refractivity contribution in [2.24, 2.45) is 23.7 Å². The van der Waals surface area contributed by atoms with Crippen LogP contribution in [0.5, 0.6) is 0 Å². The topological polar surface area (TPSA) is 0 Å². The fourth-order valence-electron chi connectivity index (χ4n) is 5.28. The summed E-state index contributed by atoms with van der Waals surface area (Å²) >= 11 is 0. The summed E-state index contributed by atoms with van der Waals surface area (Å²) in [4.78, 5) is 0. The Morgan fingerprint density at radius 3 is 2.04 bits per heavy atom. The summed E-state index contributed by atoms with van der Waals surface area (Å²) < 4.78 is 27.3. The van der Waals surface area contributed by atoms with Crippen LogP contribution in [0.3, 0.4) is 0 Å². The average molecular weight is 322 g/mol. The minimum Gasteiger partial charge on any atom is -0.244 e. The summed E-state index contributed by atoms with van der Waals surface area (Å²) in [6, 6.07) is 0. The molecule has 2 radical (unpaired) electrons. The van der Waals surface area contributed by atoms with Gasteiger partial charge in [0.1, 0.15) is 12.3 Å². The summed E-state index contributed by atoms with van der Waals surface area (Å²) in [7, 11) is 0. The van der Waals surface area contributed by atoms with E-state index in [4.69, 9.17) is 0 Å². The molecular formula is C21H32F2. The van der Waals surface area contributed by atoms with Crippen LogP contribution in [0.25, 0.3) is 0 Å². The van der Waals surface area contributed by atoms with Gasteiger partial charge in [-0.3, -0.25) is 0 Å². The maximum atomic E-state index is 13.8. The smallest absolute Gasteiger partial charge is 0.131 e. The third-order valence-electron chi connectivity index (χ3n) is 6.89. The Balaban J connectivity index is 1.48. The molecule has 0 bridgehead atoms. The SMILES string of the molecule is C=CC1CC[C](C2CC[C](C3CC(F)C(F)CC3C)CC2)CC1. The molecule has 130 valence electrons. The maximum absolute atomic E-state index is 13.8. The predicted octanol–water partition coefficient (Wildman–Crippen LogP) is 6.42. The van der Waals surface area contributed by atoms with Crippen LogP contribution in [0.15, 0.2) is 12.7 Å². The Hall–Kier alpha value is -0.400. The van der Waals surface area contributed by atoms with E-state index in [0.717, 1.165) is 24.7 Å². The minimum absolute atomic E-state index is 0.319. The number of alkyl halides is 2. The zero-order valence-electron chi connectivity index (χ0n) is 14.6. The van der Waals surface area contributed by atoms with Gasteiger partial charge in [-0.15, -0.1) is 6.58 Å². The number of allylic oxidation sites excluding steroid dienone is 1. The fraction of sp³-hybridized carbons (Fsp3) is 0.810. The van der Waals surface area contributed by atoms with Gasteiger partial charge in [-0.05, 0) is 99.7 Å². The van der Waals surface area contributed by atoms with Gasteiger partial charge in [0.2, 0.25) is 0 Å². The second-order valence-corrected chi connectivity index (χ2v) is 8.25. The van der Waals surface area contributed by atoms with Crippen molar-refractivity contribution in [3.05, 3.63) is 24.5 Å². The van der Waals surface area contributed by atoms with Crippen LogP contribution in [-0.4, -0.2) is 12.3 Å². The van der Waals surface area contributed by atoms with Crippen LogP contribution in [0.2, 0.25) is 0 Å². The molecule has 2 heteroatoms. The molecule has 3 saturated carbocycles. The molecule has 3 fully saturated rings. The molecule has 4 unspecified atom stereocenters. The standard InChI is InChI=1S/C21H32F2/c1-3-15-4-6-16(7-5-15)17-8-10-18(11-9-17)19-13-21(23)20(22)12-14(19)2/h3,14-15,17,19-21H,1,4-13H2,2H3. The Morgan fingerprint density at radius 1 is 0.870 bits per heavy atom. The van der Waals surface area contributed by atoms with E-state index in [0.29, 0.717) is 24.7 Å². The normalized spacial score (nSPS) is 39.4. The average Bonchev–Trinajstić information content (AvgIpc) is 2.58. The second kappa shape index (κ2) is 7.66. The molecule has 0 nitrogen and oxygen atoms in total. The Bertz CT molecular complexity index is 377. The first kappa shape index (κ1) is 17.4. The van der Waals surface area contributed by atoms with E-state index in [2.05, 4.69) is 19.6 Å². The molecule has 3 rings (SSSR count). The van der Waals surface area contributed by atoms with Gasteiger partial charge < -0.3 is 0 Å². The molecular weight excluding hydrogens is 290 g/mol. The Kier molecular flexibility index (Phi) is 5.80. The number of hydrogen-bond acceptors (Lipinski definition) is 0. The first-order valence-electron chi connectivity index (χ1n) is 9.68. The molecule has 0 aromatic heterocycles. The largest absolute Gasteiger partial charge is 0.244 e. The molecule has 3 aliphatic rings. The van der Waals surface area contributed by atoms with E-state index < -0.39 is 12.3 Å². The first-order valence-corrected chi connectivity index (χ1v) is 9.68. The highest BCUT2D eigenvalue weighted by Crippen LogP contribution is 2.49. The third kappa shape index (κ3) is 3.99. The second-order valence-electron chi connectivity index (χ2n) is 8.25. The van der Waals surface area contributed by atoms with Crippen molar-refractivity contribution in [1.82, 2.24) is 0 Å². The van der Waals surface area contributed by atoms with Gasteiger partial charge in [0.05, 0.1) is 0 Å². The highest BCUT2D eigenvalue weighted by atomic mass is 19.2. The molecule has 0 aliphatic heterocycles. The maximum Gasteiger partial charge on any atom is 0.131 e. The highest BCUT2D eigenvalue weighted by Gasteiger charge is 2.41. The number of halogens is 2. The van der Waals surface area contributed by atoms with Crippen LogP contribution < -0.4 is 0 Å². The van der Waals surface area contributed by atoms with E-state index >= 15 is 0 Å². The quantitative estimate of drug-likeness (QED) is 0.526. The van der Waals surface area contributed by atoms with Crippen molar-refractivity contribution in [2.75, 3.05) is 0 Å². The molecule has 0 N–H and O–H groups in total. The predicted molar refractivity (Wildman–Crippen MR) is 92.3 cm³/mol. The van der Waals surface area contributed by atoms with Gasteiger partial charge in [0.25, 0.3) is 0 Å². The Morgan fingerprint density at radius 2 is 1.43 bits per heavy atom. The molecule has 0 spiro atoms. The zero-order valence-corrected chi connectivity index (χ0v) is 14.6. The van der Waals surface area contributed by atoms with Crippen molar-refractivity contribution >= 4 is 0 Å². The van der Waals surface area contributed by atoms with Gasteiger partial charge in [0.15, 0.2) is 0 Å². The third-order valence-corrected chi connectivity index (χ3v) is 6.89. The number of rotatable bonds is 3. The lowest BCUT2D eigenvalue weighted by Crippen LogP contribution is -2.37. The molecule has 23 heavy (non-hydrogen) atoms. The van der Waals surface area contributed by atoms with Gasteiger partial charge in [-0.25, -0.2) is 8.78 Å². The lowest BCUT2D eigenvalue weighted by Gasteiger charge is -2.43. The minimum atomic E-state index is -1.23. The Labute approximate surface area is 141 Å². The molecule has 0 saturated heterocycles. The molecule has 0 heterocycles. The van der Waals surface area contributed by atoms with Crippen LogP contribution >= 0.6 is 0 Å². The van der Waals surface area contributed by atoms with Crippen LogP contribution in [0.1, 0.15) is 71.1 Å². The van der Waals surface area contributed by atoms with Crippen LogP contribution in [0, 0.1) is 35.5 Å². The van der Waals surface area contributed by atoms with E-state index in [-0.39, 0.29) is 0 Å². The van der Waals surface area contributed by atoms with E-state index in [1.165, 1.54) is 38.5 Å². The van der Waals surface area contributed by atoms with Crippen molar-refractivity contribution in [3.8, 4) is 0 Å². The molecule has 4 atom stereocenters. The van der Waals surface area contributed by atoms with Gasteiger partial charge in [-0.1, -0.05) is 13.0 Å². The van der Waals surface area contributed by atoms with Gasteiger partial charge >= 0.3 is 0 Å². The van der Waals surface area contributed by atoms with E-state index in [1.54, 1.807) is 11.8 Å². The van der Waals surface area contributed by atoms with E-state index in [1.807, 2.05) is 0 Å². The van der Waals surface area contributed by atoms with Gasteiger partial charge in [-0.2, -0.15) is 0 Å². The molecule has 0 aromatic rings. The summed E-state index contributed by atoms with van der Waals surface area (Å²) in [5, 5.41) is 0. The van der Waals surface area contributed by atoms with Crippen molar-refractivity contribution in [3.63, 3.8) is 0 Å². The molecule has 0 aromatic carbocycles. The fourth-order valence-corrected chi connectivity index (χ4v) is 5.28. The van der Waals surface area contributed by atoms with Crippen molar-refractivity contribution < 1.29 is 8.78 Å². The van der Waals surface area contributed by atoms with E-state index in [9.17, 15) is 8.78 Å². The lowest BCUT2D eigenvalue weighted by molar-refractivity contribution is 0.0549. The van der Waals surface area contributed by atoms with Crippen molar-refractivity contribution in [2.45, 2.75) is 83.5 Å². The number of hydrogen-bond donors (Lipinski definition) is 0. The lowest BCUT2D eigenvalue weighted by atomic mass is 9.63. The van der Waals surface area contributed by atoms with Crippen LogP contribution in [-0.2, 0) is 0 Å². The first-order chi connectivity index (χ1) is 11.1. The highest BCUT2D eigenvalue weighted by molar-refractivity contribution is 5.10. The zero-order chi connectivity index (χ0) is 16.4. The summed E-state index contributed by atoms with van der Waals surface area (Å²) in [6.45, 7) is 6.05.